The predicted octanol–water partition coefficient (Wildman–Crippen LogP) is 3.21. The number of carbonyl (C=O) groups excluding carboxylic acids is 2. The van der Waals surface area contributed by atoms with Crippen LogP contribution in [-0.2, 0) is 0 Å². The number of rotatable bonds is 1. The molecular formula is C16H12N2O2S. The van der Waals surface area contributed by atoms with Crippen molar-refractivity contribution in [2.24, 2.45) is 0 Å². The Bertz CT molecular complexity index is 861. The van der Waals surface area contributed by atoms with Crippen molar-refractivity contribution in [1.82, 2.24) is 10.3 Å². The van der Waals surface area contributed by atoms with E-state index in [1.165, 1.54) is 11.3 Å². The second-order valence-electron chi connectivity index (χ2n) is 5.02. The zero-order chi connectivity index (χ0) is 14.4. The molecule has 1 aliphatic heterocycles. The fourth-order valence-corrected chi connectivity index (χ4v) is 3.84. The molecule has 0 radical (unpaired) electrons. The van der Waals surface area contributed by atoms with Gasteiger partial charge in [0, 0.05) is 23.9 Å². The standard InChI is InChI=1S/C16H12N2O2S/c19-11-6-7-17-16(20)14-12(11)15-13(18-14)10(8-21-15)9-4-2-1-3-5-9/h1-5,8,18H,6-7H2,(H,17,20). The summed E-state index contributed by atoms with van der Waals surface area (Å²) in [5, 5.41) is 4.79. The first-order chi connectivity index (χ1) is 10.3. The maximum atomic E-state index is 12.3. The summed E-state index contributed by atoms with van der Waals surface area (Å²) in [4.78, 5) is 27.5. The molecule has 4 nitrogen and oxygen atoms in total. The molecule has 0 saturated heterocycles. The average Bonchev–Trinajstić information content (AvgIpc) is 3.02. The number of thiophene rings is 1. The van der Waals surface area contributed by atoms with Crippen molar-refractivity contribution in [3.05, 3.63) is 47.0 Å². The first-order valence-electron chi connectivity index (χ1n) is 6.75. The quantitative estimate of drug-likeness (QED) is 0.724. The zero-order valence-corrected chi connectivity index (χ0v) is 11.9. The van der Waals surface area contributed by atoms with Crippen molar-refractivity contribution in [3.63, 3.8) is 0 Å². The molecule has 0 atom stereocenters. The second-order valence-corrected chi connectivity index (χ2v) is 5.90. The summed E-state index contributed by atoms with van der Waals surface area (Å²) in [6.07, 6.45) is 0.351. The number of Topliss-reactive ketones (excluding diaryl/α,β-unsaturated/α-hetero) is 1. The van der Waals surface area contributed by atoms with Gasteiger partial charge in [0.1, 0.15) is 5.69 Å². The summed E-state index contributed by atoms with van der Waals surface area (Å²) in [6, 6.07) is 9.97. The maximum Gasteiger partial charge on any atom is 0.268 e. The van der Waals surface area contributed by atoms with E-state index in [4.69, 9.17) is 0 Å². The van der Waals surface area contributed by atoms with Crippen molar-refractivity contribution in [1.29, 1.82) is 0 Å². The van der Waals surface area contributed by atoms with Crippen LogP contribution in [0.3, 0.4) is 0 Å². The van der Waals surface area contributed by atoms with Gasteiger partial charge in [-0.15, -0.1) is 11.3 Å². The smallest absolute Gasteiger partial charge is 0.268 e. The van der Waals surface area contributed by atoms with Crippen molar-refractivity contribution in [2.45, 2.75) is 6.42 Å². The molecule has 0 spiro atoms. The molecule has 0 fully saturated rings. The molecule has 1 aromatic carbocycles. The van der Waals surface area contributed by atoms with E-state index >= 15 is 0 Å². The minimum absolute atomic E-state index is 0.0241. The normalized spacial score (nSPS) is 14.9. The van der Waals surface area contributed by atoms with Gasteiger partial charge in [0.15, 0.2) is 5.78 Å². The number of aromatic nitrogens is 1. The van der Waals surface area contributed by atoms with Crippen LogP contribution >= 0.6 is 11.3 Å². The highest BCUT2D eigenvalue weighted by Crippen LogP contribution is 2.37. The van der Waals surface area contributed by atoms with Crippen molar-refractivity contribution in [2.75, 3.05) is 6.54 Å². The first-order valence-corrected chi connectivity index (χ1v) is 7.63. The lowest BCUT2D eigenvalue weighted by molar-refractivity contribution is 0.0952. The summed E-state index contributed by atoms with van der Waals surface area (Å²) in [7, 11) is 0. The number of benzene rings is 1. The highest BCUT2D eigenvalue weighted by atomic mass is 32.1. The van der Waals surface area contributed by atoms with Gasteiger partial charge < -0.3 is 10.3 Å². The van der Waals surface area contributed by atoms with Gasteiger partial charge in [-0.25, -0.2) is 0 Å². The van der Waals surface area contributed by atoms with Gasteiger partial charge in [-0.1, -0.05) is 30.3 Å². The van der Waals surface area contributed by atoms with Crippen LogP contribution in [0.15, 0.2) is 35.7 Å². The molecular weight excluding hydrogens is 284 g/mol. The van der Waals surface area contributed by atoms with E-state index in [1.54, 1.807) is 0 Å². The van der Waals surface area contributed by atoms with Crippen LogP contribution in [0.5, 0.6) is 0 Å². The van der Waals surface area contributed by atoms with Crippen LogP contribution in [0, 0.1) is 0 Å². The fraction of sp³-hybridized carbons (Fsp3) is 0.125. The molecule has 5 heteroatoms. The van der Waals surface area contributed by atoms with E-state index in [9.17, 15) is 9.59 Å². The Morgan fingerprint density at radius 1 is 1.10 bits per heavy atom. The molecule has 4 rings (SSSR count). The van der Waals surface area contributed by atoms with Gasteiger partial charge in [-0.3, -0.25) is 9.59 Å². The number of nitrogens with one attached hydrogen (secondary N) is 2. The number of amides is 1. The van der Waals surface area contributed by atoms with Crippen LogP contribution in [0.25, 0.3) is 21.3 Å². The molecule has 3 heterocycles. The Morgan fingerprint density at radius 2 is 1.90 bits per heavy atom. The Morgan fingerprint density at radius 3 is 2.71 bits per heavy atom. The molecule has 104 valence electrons. The molecule has 2 aromatic heterocycles. The lowest BCUT2D eigenvalue weighted by Crippen LogP contribution is -2.23. The van der Waals surface area contributed by atoms with Gasteiger partial charge in [-0.05, 0) is 5.56 Å². The summed E-state index contributed by atoms with van der Waals surface area (Å²) in [5.74, 6) is -0.172. The van der Waals surface area contributed by atoms with Gasteiger partial charge in [0.05, 0.1) is 15.8 Å². The van der Waals surface area contributed by atoms with Crippen molar-refractivity contribution >= 4 is 33.2 Å². The summed E-state index contributed by atoms with van der Waals surface area (Å²) in [5.41, 5.74) is 3.93. The Kier molecular flexibility index (Phi) is 2.68. The van der Waals surface area contributed by atoms with E-state index in [0.717, 1.165) is 21.3 Å². The highest BCUT2D eigenvalue weighted by molar-refractivity contribution is 7.18. The predicted molar refractivity (Wildman–Crippen MR) is 82.9 cm³/mol. The van der Waals surface area contributed by atoms with E-state index < -0.39 is 0 Å². The van der Waals surface area contributed by atoms with E-state index in [2.05, 4.69) is 10.3 Å². The van der Waals surface area contributed by atoms with Crippen LogP contribution in [0.1, 0.15) is 27.3 Å². The third-order valence-electron chi connectivity index (χ3n) is 3.75. The number of hydrogen-bond donors (Lipinski definition) is 2. The Hall–Kier alpha value is -2.40. The lowest BCUT2D eigenvalue weighted by Gasteiger charge is -1.99. The molecule has 0 unspecified atom stereocenters. The van der Waals surface area contributed by atoms with Crippen molar-refractivity contribution in [3.8, 4) is 11.1 Å². The molecule has 3 aromatic rings. The van der Waals surface area contributed by atoms with Gasteiger partial charge in [-0.2, -0.15) is 0 Å². The third-order valence-corrected chi connectivity index (χ3v) is 4.74. The van der Waals surface area contributed by atoms with Gasteiger partial charge in [0.25, 0.3) is 5.91 Å². The third kappa shape index (κ3) is 1.81. The number of hydrogen-bond acceptors (Lipinski definition) is 3. The number of carbonyl (C=O) groups is 2. The highest BCUT2D eigenvalue weighted by Gasteiger charge is 2.27. The molecule has 1 aliphatic rings. The molecule has 0 bridgehead atoms. The summed E-state index contributed by atoms with van der Waals surface area (Å²) in [6.45, 7) is 0.401. The molecule has 0 saturated carbocycles. The van der Waals surface area contributed by atoms with E-state index in [-0.39, 0.29) is 11.7 Å². The largest absolute Gasteiger partial charge is 0.350 e. The Balaban J connectivity index is 1.99. The minimum Gasteiger partial charge on any atom is -0.350 e. The first kappa shape index (κ1) is 12.3. The Labute approximate surface area is 124 Å². The summed E-state index contributed by atoms with van der Waals surface area (Å²) >= 11 is 1.51. The number of H-pyrrole nitrogens is 1. The fourth-order valence-electron chi connectivity index (χ4n) is 2.74. The summed E-state index contributed by atoms with van der Waals surface area (Å²) < 4.78 is 0.880. The molecule has 21 heavy (non-hydrogen) atoms. The number of ketones is 1. The van der Waals surface area contributed by atoms with Crippen LogP contribution < -0.4 is 5.32 Å². The zero-order valence-electron chi connectivity index (χ0n) is 11.1. The van der Waals surface area contributed by atoms with Gasteiger partial charge in [0.2, 0.25) is 0 Å². The molecule has 0 aliphatic carbocycles. The molecule has 1 amide bonds. The topological polar surface area (TPSA) is 62.0 Å². The van der Waals surface area contributed by atoms with Gasteiger partial charge >= 0.3 is 0 Å². The van der Waals surface area contributed by atoms with E-state index in [1.807, 2.05) is 35.7 Å². The SMILES string of the molecule is O=C1NCCC(=O)c2c1[nH]c1c(-c3ccccc3)csc21. The molecule has 2 N–H and O–H groups in total. The van der Waals surface area contributed by atoms with Crippen LogP contribution in [0.2, 0.25) is 0 Å². The van der Waals surface area contributed by atoms with Crippen molar-refractivity contribution < 1.29 is 9.59 Å². The monoisotopic (exact) mass is 296 g/mol. The second kappa shape index (κ2) is 4.56. The minimum atomic E-state index is -0.196. The van der Waals surface area contributed by atoms with E-state index in [0.29, 0.717) is 24.2 Å². The van der Waals surface area contributed by atoms with Crippen LogP contribution in [-0.4, -0.2) is 23.2 Å². The average molecular weight is 296 g/mol. The van der Waals surface area contributed by atoms with Crippen LogP contribution in [0.4, 0.5) is 0 Å². The lowest BCUT2D eigenvalue weighted by atomic mass is 10.1. The number of aromatic amines is 1. The maximum absolute atomic E-state index is 12.3. The number of fused-ring (bicyclic) bond motifs is 3.